The monoisotopic (exact) mass is 461 g/mol. The van der Waals surface area contributed by atoms with Gasteiger partial charge in [0.05, 0.1) is 11.5 Å². The van der Waals surface area contributed by atoms with Crippen LogP contribution in [0.5, 0.6) is 5.75 Å². The van der Waals surface area contributed by atoms with E-state index >= 15 is 0 Å². The molecule has 0 saturated heterocycles. The van der Waals surface area contributed by atoms with Crippen LogP contribution in [-0.2, 0) is 10.0 Å². The second-order valence-electron chi connectivity index (χ2n) is 7.13. The van der Waals surface area contributed by atoms with Gasteiger partial charge in [-0.25, -0.2) is 13.1 Å². The molecule has 0 saturated carbocycles. The van der Waals surface area contributed by atoms with Crippen molar-refractivity contribution in [3.8, 4) is 5.75 Å². The van der Waals surface area contributed by atoms with Crippen molar-refractivity contribution in [2.75, 3.05) is 18.5 Å². The van der Waals surface area contributed by atoms with E-state index in [1.54, 1.807) is 36.4 Å². The van der Waals surface area contributed by atoms with Crippen LogP contribution in [-0.4, -0.2) is 32.6 Å². The Hall–Kier alpha value is -2.75. The third kappa shape index (κ3) is 8.12. The quantitative estimate of drug-likeness (QED) is 0.369. The van der Waals surface area contributed by atoms with Gasteiger partial charge in [-0.3, -0.25) is 10.1 Å². The number of rotatable bonds is 10. The highest BCUT2D eigenvalue weighted by Crippen LogP contribution is 2.15. The number of hydrogen-bond donors (Lipinski definition) is 3. The first-order valence-electron chi connectivity index (χ1n) is 9.77. The summed E-state index contributed by atoms with van der Waals surface area (Å²) in [5.74, 6) is 0.905. The van der Waals surface area contributed by atoms with Crippen molar-refractivity contribution < 1.29 is 17.9 Å². The summed E-state index contributed by atoms with van der Waals surface area (Å²) in [6.07, 6.45) is 2.42. The van der Waals surface area contributed by atoms with E-state index in [0.717, 1.165) is 6.42 Å². The van der Waals surface area contributed by atoms with E-state index in [9.17, 15) is 13.2 Å². The Balaban J connectivity index is 1.89. The second-order valence-corrected chi connectivity index (χ2v) is 9.30. The molecular formula is C22H27N3O4S2. The van der Waals surface area contributed by atoms with Crippen molar-refractivity contribution >= 4 is 38.9 Å². The zero-order valence-electron chi connectivity index (χ0n) is 17.6. The standard InChI is InChI=1S/C22H27N3O4S2/c1-4-14-23-31(27,28)20-11-7-18(8-12-20)24-22(30)25-21(26)17-5-9-19(10-6-17)29-15-13-16(2)3/h4-12,16,23H,1,13-15H2,2-3H3,(H2,24,25,26,30). The molecule has 0 unspecified atom stereocenters. The molecule has 2 aromatic carbocycles. The molecule has 166 valence electrons. The van der Waals surface area contributed by atoms with Gasteiger partial charge in [-0.05, 0) is 73.1 Å². The van der Waals surface area contributed by atoms with Crippen molar-refractivity contribution in [3.63, 3.8) is 0 Å². The number of anilines is 1. The zero-order chi connectivity index (χ0) is 22.9. The number of nitrogens with one attached hydrogen (secondary N) is 3. The molecule has 0 aromatic heterocycles. The third-order valence-corrected chi connectivity index (χ3v) is 5.79. The molecule has 3 N–H and O–H groups in total. The number of hydrogen-bond acceptors (Lipinski definition) is 5. The van der Waals surface area contributed by atoms with E-state index in [1.807, 2.05) is 0 Å². The van der Waals surface area contributed by atoms with Crippen molar-refractivity contribution in [1.29, 1.82) is 0 Å². The molecule has 31 heavy (non-hydrogen) atoms. The number of carbonyl (C=O) groups excluding carboxylic acids is 1. The molecule has 9 heteroatoms. The number of sulfonamides is 1. The zero-order valence-corrected chi connectivity index (χ0v) is 19.2. The fraction of sp³-hybridized carbons (Fsp3) is 0.273. The summed E-state index contributed by atoms with van der Waals surface area (Å²) >= 11 is 5.17. The average Bonchev–Trinajstić information content (AvgIpc) is 2.73. The molecule has 0 heterocycles. The fourth-order valence-electron chi connectivity index (χ4n) is 2.42. The first kappa shape index (κ1) is 24.5. The molecule has 0 atom stereocenters. The maximum atomic E-state index is 12.4. The highest BCUT2D eigenvalue weighted by Gasteiger charge is 2.13. The van der Waals surface area contributed by atoms with Crippen LogP contribution in [0.4, 0.5) is 5.69 Å². The Morgan fingerprint density at radius 3 is 2.35 bits per heavy atom. The van der Waals surface area contributed by atoms with Gasteiger partial charge in [0.25, 0.3) is 5.91 Å². The van der Waals surface area contributed by atoms with Gasteiger partial charge in [-0.2, -0.15) is 0 Å². The lowest BCUT2D eigenvalue weighted by Crippen LogP contribution is -2.34. The van der Waals surface area contributed by atoms with Crippen LogP contribution in [0, 0.1) is 5.92 Å². The lowest BCUT2D eigenvalue weighted by atomic mass is 10.1. The van der Waals surface area contributed by atoms with Crippen molar-refractivity contribution in [2.24, 2.45) is 5.92 Å². The lowest BCUT2D eigenvalue weighted by Gasteiger charge is -2.11. The van der Waals surface area contributed by atoms with Gasteiger partial charge in [0.2, 0.25) is 10.0 Å². The predicted molar refractivity (Wildman–Crippen MR) is 127 cm³/mol. The highest BCUT2D eigenvalue weighted by atomic mass is 32.2. The normalized spacial score (nSPS) is 11.1. The maximum Gasteiger partial charge on any atom is 0.257 e. The minimum Gasteiger partial charge on any atom is -0.494 e. The molecule has 0 fully saturated rings. The average molecular weight is 462 g/mol. The van der Waals surface area contributed by atoms with E-state index in [4.69, 9.17) is 17.0 Å². The number of thiocarbonyl (C=S) groups is 1. The molecule has 0 aliphatic carbocycles. The van der Waals surface area contributed by atoms with Gasteiger partial charge in [-0.15, -0.1) is 6.58 Å². The second kappa shape index (κ2) is 11.6. The van der Waals surface area contributed by atoms with Crippen molar-refractivity contribution in [2.45, 2.75) is 25.2 Å². The van der Waals surface area contributed by atoms with Gasteiger partial charge >= 0.3 is 0 Å². The SMILES string of the molecule is C=CCNS(=O)(=O)c1ccc(NC(=S)NC(=O)c2ccc(OCCC(C)C)cc2)cc1. The Labute approximate surface area is 188 Å². The van der Waals surface area contributed by atoms with Crippen molar-refractivity contribution in [3.05, 3.63) is 66.7 Å². The third-order valence-electron chi connectivity index (χ3n) is 4.15. The summed E-state index contributed by atoms with van der Waals surface area (Å²) in [6, 6.07) is 12.8. The molecule has 0 aliphatic rings. The van der Waals surface area contributed by atoms with Gasteiger partial charge in [0.1, 0.15) is 5.75 Å². The van der Waals surface area contributed by atoms with Crippen LogP contribution >= 0.6 is 12.2 Å². The minimum absolute atomic E-state index is 0.0997. The Morgan fingerprint density at radius 1 is 1.13 bits per heavy atom. The summed E-state index contributed by atoms with van der Waals surface area (Å²) < 4.78 is 32.2. The predicted octanol–water partition coefficient (Wildman–Crippen LogP) is 3.70. The molecular weight excluding hydrogens is 434 g/mol. The van der Waals surface area contributed by atoms with E-state index in [-0.39, 0.29) is 22.5 Å². The summed E-state index contributed by atoms with van der Waals surface area (Å²) in [5, 5.41) is 5.55. The first-order valence-corrected chi connectivity index (χ1v) is 11.7. The molecule has 2 aromatic rings. The van der Waals surface area contributed by atoms with Gasteiger partial charge < -0.3 is 10.1 Å². The molecule has 0 bridgehead atoms. The highest BCUT2D eigenvalue weighted by molar-refractivity contribution is 7.89. The lowest BCUT2D eigenvalue weighted by molar-refractivity contribution is 0.0977. The molecule has 7 nitrogen and oxygen atoms in total. The van der Waals surface area contributed by atoms with Gasteiger partial charge in [0.15, 0.2) is 5.11 Å². The minimum atomic E-state index is -3.60. The van der Waals surface area contributed by atoms with Crippen LogP contribution in [0.3, 0.4) is 0 Å². The van der Waals surface area contributed by atoms with Crippen LogP contribution in [0.15, 0.2) is 66.1 Å². The maximum absolute atomic E-state index is 12.4. The van der Waals surface area contributed by atoms with Gasteiger partial charge in [-0.1, -0.05) is 19.9 Å². The molecule has 0 aliphatic heterocycles. The number of benzene rings is 2. The Kier molecular flexibility index (Phi) is 9.17. The summed E-state index contributed by atoms with van der Waals surface area (Å²) in [4.78, 5) is 12.5. The smallest absolute Gasteiger partial charge is 0.257 e. The van der Waals surface area contributed by atoms with Crippen LogP contribution < -0.4 is 20.1 Å². The van der Waals surface area contributed by atoms with E-state index in [0.29, 0.717) is 29.5 Å². The molecule has 2 rings (SSSR count). The Morgan fingerprint density at radius 2 is 1.77 bits per heavy atom. The van der Waals surface area contributed by atoms with E-state index in [1.165, 1.54) is 18.2 Å². The molecule has 0 radical (unpaired) electrons. The van der Waals surface area contributed by atoms with E-state index < -0.39 is 10.0 Å². The Bertz CT molecular complexity index is 1000. The summed E-state index contributed by atoms with van der Waals surface area (Å²) in [7, 11) is -3.60. The number of amides is 1. The van der Waals surface area contributed by atoms with Crippen LogP contribution in [0.1, 0.15) is 30.6 Å². The fourth-order valence-corrected chi connectivity index (χ4v) is 3.63. The summed E-state index contributed by atoms with van der Waals surface area (Å²) in [6.45, 7) is 8.51. The largest absolute Gasteiger partial charge is 0.494 e. The molecule has 0 spiro atoms. The summed E-state index contributed by atoms with van der Waals surface area (Å²) in [5.41, 5.74) is 0.983. The van der Waals surface area contributed by atoms with Crippen molar-refractivity contribution in [1.82, 2.24) is 10.0 Å². The first-order chi connectivity index (χ1) is 14.7. The number of ether oxygens (including phenoxy) is 1. The van der Waals surface area contributed by atoms with Crippen LogP contribution in [0.2, 0.25) is 0 Å². The molecule has 1 amide bonds. The van der Waals surface area contributed by atoms with E-state index in [2.05, 4.69) is 35.8 Å². The topological polar surface area (TPSA) is 96.5 Å². The van der Waals surface area contributed by atoms with Crippen LogP contribution in [0.25, 0.3) is 0 Å². The van der Waals surface area contributed by atoms with Gasteiger partial charge in [0, 0.05) is 17.8 Å². The number of carbonyl (C=O) groups is 1.